The van der Waals surface area contributed by atoms with E-state index in [0.29, 0.717) is 22.5 Å². The van der Waals surface area contributed by atoms with Crippen molar-refractivity contribution in [2.24, 2.45) is 11.3 Å². The first-order chi connectivity index (χ1) is 19.0. The number of hydrogen-bond acceptors (Lipinski definition) is 10. The standard InChI is InChI=1S/C28H43N9OS/c1-20(2)35-15-17-36(18-16-35)24(21-6-11-28(12-7-21)9-4-10-28)25(38)31-27-34-33-26(39-27)30-22-8-14-37(19-22)23-5-3-13-29-32-23/h3,5,13,20-22,24H,4,6-12,14-19H2,1-2H3,(H,30,33)(H,31,34,38)/t22-,24-/m1/s1. The molecule has 11 heteroatoms. The van der Waals surface area contributed by atoms with Gasteiger partial charge in [0.2, 0.25) is 16.2 Å². The number of anilines is 3. The molecule has 6 rings (SSSR count). The van der Waals surface area contributed by atoms with Crippen molar-refractivity contribution in [2.75, 3.05) is 54.8 Å². The van der Waals surface area contributed by atoms with Crippen LogP contribution in [0.2, 0.25) is 0 Å². The first-order valence-electron chi connectivity index (χ1n) is 14.9. The Morgan fingerprint density at radius 3 is 2.38 bits per heavy atom. The van der Waals surface area contributed by atoms with E-state index in [-0.39, 0.29) is 18.0 Å². The highest BCUT2D eigenvalue weighted by Crippen LogP contribution is 2.53. The fourth-order valence-corrected chi connectivity index (χ4v) is 7.91. The van der Waals surface area contributed by atoms with Crippen molar-refractivity contribution in [3.8, 4) is 0 Å². The molecule has 10 nitrogen and oxygen atoms in total. The molecule has 2 aliphatic heterocycles. The first kappa shape index (κ1) is 26.8. The van der Waals surface area contributed by atoms with Crippen LogP contribution >= 0.6 is 11.3 Å². The average Bonchev–Trinajstić information content (AvgIpc) is 3.59. The van der Waals surface area contributed by atoms with Gasteiger partial charge in [0.25, 0.3) is 0 Å². The molecule has 0 aromatic carbocycles. The summed E-state index contributed by atoms with van der Waals surface area (Å²) >= 11 is 1.43. The molecule has 0 bridgehead atoms. The fraction of sp³-hybridized carbons (Fsp3) is 0.750. The molecular weight excluding hydrogens is 510 g/mol. The van der Waals surface area contributed by atoms with Crippen LogP contribution in [-0.2, 0) is 4.79 Å². The summed E-state index contributed by atoms with van der Waals surface area (Å²) in [6.07, 6.45) is 11.8. The highest BCUT2D eigenvalue weighted by molar-refractivity contribution is 7.19. The van der Waals surface area contributed by atoms with Gasteiger partial charge >= 0.3 is 0 Å². The van der Waals surface area contributed by atoms with Crippen LogP contribution < -0.4 is 15.5 Å². The highest BCUT2D eigenvalue weighted by Gasteiger charge is 2.44. The van der Waals surface area contributed by atoms with Crippen molar-refractivity contribution >= 4 is 33.3 Å². The third kappa shape index (κ3) is 6.05. The maximum absolute atomic E-state index is 13.9. The highest BCUT2D eigenvalue weighted by atomic mass is 32.1. The average molecular weight is 554 g/mol. The zero-order valence-electron chi connectivity index (χ0n) is 23.4. The Hall–Kier alpha value is -2.37. The van der Waals surface area contributed by atoms with Gasteiger partial charge in [0.1, 0.15) is 0 Å². The number of aromatic nitrogens is 4. The largest absolute Gasteiger partial charge is 0.355 e. The summed E-state index contributed by atoms with van der Waals surface area (Å²) in [6, 6.07) is 4.62. The third-order valence-corrected chi connectivity index (χ3v) is 10.5. The molecule has 212 valence electrons. The Bertz CT molecular complexity index is 1090. The van der Waals surface area contributed by atoms with E-state index in [1.54, 1.807) is 6.20 Å². The minimum absolute atomic E-state index is 0.0904. The van der Waals surface area contributed by atoms with Crippen LogP contribution in [0, 0.1) is 11.3 Å². The van der Waals surface area contributed by atoms with Crippen LogP contribution in [0.25, 0.3) is 0 Å². The molecule has 2 aromatic heterocycles. The van der Waals surface area contributed by atoms with Gasteiger partial charge in [-0.2, -0.15) is 5.10 Å². The monoisotopic (exact) mass is 553 g/mol. The number of nitrogens with one attached hydrogen (secondary N) is 2. The summed E-state index contributed by atoms with van der Waals surface area (Å²) in [7, 11) is 0. The molecular formula is C28H43N9OS. The summed E-state index contributed by atoms with van der Waals surface area (Å²) < 4.78 is 0. The van der Waals surface area contributed by atoms with E-state index in [0.717, 1.165) is 69.5 Å². The Labute approximate surface area is 235 Å². The predicted molar refractivity (Wildman–Crippen MR) is 155 cm³/mol. The van der Waals surface area contributed by atoms with Gasteiger partial charge in [-0.15, -0.1) is 15.3 Å². The fourth-order valence-electron chi connectivity index (χ4n) is 7.19. The van der Waals surface area contributed by atoms with Gasteiger partial charge in [-0.05, 0) is 82.3 Å². The molecule has 1 amide bonds. The van der Waals surface area contributed by atoms with E-state index in [1.807, 2.05) is 12.1 Å². The Morgan fingerprint density at radius 2 is 1.72 bits per heavy atom. The second kappa shape index (κ2) is 11.6. The van der Waals surface area contributed by atoms with E-state index >= 15 is 0 Å². The Morgan fingerprint density at radius 1 is 0.974 bits per heavy atom. The maximum atomic E-state index is 13.9. The molecule has 2 aromatic rings. The van der Waals surface area contributed by atoms with Crippen LogP contribution in [0.4, 0.5) is 16.1 Å². The van der Waals surface area contributed by atoms with Gasteiger partial charge in [-0.25, -0.2) is 0 Å². The molecule has 2 saturated carbocycles. The van der Waals surface area contributed by atoms with Gasteiger partial charge in [-0.1, -0.05) is 17.8 Å². The van der Waals surface area contributed by atoms with Gasteiger partial charge in [0, 0.05) is 57.5 Å². The van der Waals surface area contributed by atoms with Crippen molar-refractivity contribution in [3.05, 3.63) is 18.3 Å². The van der Waals surface area contributed by atoms with E-state index in [4.69, 9.17) is 0 Å². The van der Waals surface area contributed by atoms with Crippen LogP contribution in [0.3, 0.4) is 0 Å². The van der Waals surface area contributed by atoms with E-state index in [2.05, 4.69) is 59.6 Å². The van der Waals surface area contributed by atoms with Gasteiger partial charge in [0.05, 0.1) is 6.04 Å². The number of piperazine rings is 1. The summed E-state index contributed by atoms with van der Waals surface area (Å²) in [6.45, 7) is 10.2. The van der Waals surface area contributed by atoms with Crippen molar-refractivity contribution < 1.29 is 4.79 Å². The van der Waals surface area contributed by atoms with E-state index in [9.17, 15) is 4.79 Å². The minimum Gasteiger partial charge on any atom is -0.355 e. The van der Waals surface area contributed by atoms with Crippen LogP contribution in [-0.4, -0.2) is 93.5 Å². The van der Waals surface area contributed by atoms with Crippen molar-refractivity contribution in [3.63, 3.8) is 0 Å². The lowest BCUT2D eigenvalue weighted by Crippen LogP contribution is -2.58. The Balaban J connectivity index is 1.08. The van der Waals surface area contributed by atoms with Crippen LogP contribution in [0.5, 0.6) is 0 Å². The predicted octanol–water partition coefficient (Wildman–Crippen LogP) is 3.71. The third-order valence-electron chi connectivity index (χ3n) is 9.75. The van der Waals surface area contributed by atoms with Crippen LogP contribution in [0.1, 0.15) is 65.2 Å². The lowest BCUT2D eigenvalue weighted by Gasteiger charge is -2.50. The molecule has 2 saturated heterocycles. The SMILES string of the molecule is CC(C)N1CCN([C@@H](C(=O)Nc2nnc(N[C@@H]3CCN(c4cccnn4)C3)s2)C2CCC3(CCC3)CC2)CC1. The Kier molecular flexibility index (Phi) is 8.00. The molecule has 4 heterocycles. The summed E-state index contributed by atoms with van der Waals surface area (Å²) in [4.78, 5) is 21.1. The number of carbonyl (C=O) groups excluding carboxylic acids is 1. The van der Waals surface area contributed by atoms with E-state index in [1.165, 1.54) is 43.4 Å². The second-order valence-corrected chi connectivity index (χ2v) is 13.3. The lowest BCUT2D eigenvalue weighted by atomic mass is 9.58. The number of rotatable bonds is 8. The molecule has 4 fully saturated rings. The molecule has 39 heavy (non-hydrogen) atoms. The first-order valence-corrected chi connectivity index (χ1v) is 15.7. The number of carbonyl (C=O) groups is 1. The minimum atomic E-state index is -0.0904. The molecule has 0 unspecified atom stereocenters. The van der Waals surface area contributed by atoms with E-state index < -0.39 is 0 Å². The zero-order chi connectivity index (χ0) is 26.8. The molecule has 1 spiro atoms. The van der Waals surface area contributed by atoms with Crippen molar-refractivity contribution in [1.29, 1.82) is 0 Å². The summed E-state index contributed by atoms with van der Waals surface area (Å²) in [5.74, 6) is 1.41. The van der Waals surface area contributed by atoms with Gasteiger partial charge in [0.15, 0.2) is 5.82 Å². The smallest absolute Gasteiger partial charge is 0.243 e. The maximum Gasteiger partial charge on any atom is 0.243 e. The lowest BCUT2D eigenvalue weighted by molar-refractivity contribution is -0.125. The normalized spacial score (nSPS) is 25.1. The van der Waals surface area contributed by atoms with Crippen LogP contribution in [0.15, 0.2) is 18.3 Å². The van der Waals surface area contributed by atoms with Gasteiger partial charge in [-0.3, -0.25) is 19.9 Å². The van der Waals surface area contributed by atoms with Gasteiger partial charge < -0.3 is 10.2 Å². The molecule has 2 N–H and O–H groups in total. The van der Waals surface area contributed by atoms with Crippen molar-refractivity contribution in [2.45, 2.75) is 83.3 Å². The number of nitrogens with zero attached hydrogens (tertiary/aromatic N) is 7. The zero-order valence-corrected chi connectivity index (χ0v) is 24.2. The quantitative estimate of drug-likeness (QED) is 0.506. The molecule has 2 atom stereocenters. The second-order valence-electron chi connectivity index (χ2n) is 12.4. The summed E-state index contributed by atoms with van der Waals surface area (Å²) in [5.41, 5.74) is 0.594. The summed E-state index contributed by atoms with van der Waals surface area (Å²) in [5, 5.41) is 25.0. The van der Waals surface area contributed by atoms with Crippen molar-refractivity contribution in [1.82, 2.24) is 30.2 Å². The molecule has 2 aliphatic carbocycles. The number of hydrogen-bond donors (Lipinski definition) is 2. The number of amides is 1. The topological polar surface area (TPSA) is 102 Å². The molecule has 4 aliphatic rings. The molecule has 0 radical (unpaired) electrons.